The molecule has 0 aromatic rings. The van der Waals surface area contributed by atoms with Crippen molar-refractivity contribution in [2.24, 2.45) is 0 Å². The number of nitrogens with zero attached hydrogens (tertiary/aromatic N) is 1. The van der Waals surface area contributed by atoms with Crippen molar-refractivity contribution < 1.29 is 0 Å². The Morgan fingerprint density at radius 1 is 0.812 bits per heavy atom. The van der Waals surface area contributed by atoms with E-state index >= 15 is 0 Å². The number of piperidine rings is 1. The topological polar surface area (TPSA) is 3.24 Å². The standard InChI is InChI=1S/C15H28N/c1-15(16-13-9-6-10-14-16)11-7-4-2-3-5-8-12-15/h6H,2-5,7-14H2,1H3. The molecule has 93 valence electrons. The van der Waals surface area contributed by atoms with Crippen LogP contribution in [0.5, 0.6) is 0 Å². The second-order valence-electron chi connectivity index (χ2n) is 5.97. The van der Waals surface area contributed by atoms with Crippen molar-refractivity contribution in [3.8, 4) is 0 Å². The molecule has 16 heavy (non-hydrogen) atoms. The van der Waals surface area contributed by atoms with Gasteiger partial charge < -0.3 is 0 Å². The lowest BCUT2D eigenvalue weighted by Crippen LogP contribution is -2.48. The van der Waals surface area contributed by atoms with Crippen molar-refractivity contribution in [3.05, 3.63) is 6.42 Å². The number of hydrogen-bond acceptors (Lipinski definition) is 1. The van der Waals surface area contributed by atoms with Crippen LogP contribution in [0.1, 0.15) is 71.1 Å². The normalized spacial score (nSPS) is 29.1. The average Bonchev–Trinajstić information content (AvgIpc) is 2.43. The van der Waals surface area contributed by atoms with Gasteiger partial charge in [0, 0.05) is 5.54 Å². The summed E-state index contributed by atoms with van der Waals surface area (Å²) in [7, 11) is 0. The fraction of sp³-hybridized carbons (Fsp3) is 0.933. The third kappa shape index (κ3) is 3.23. The zero-order valence-corrected chi connectivity index (χ0v) is 11.0. The van der Waals surface area contributed by atoms with Gasteiger partial charge in [-0.05, 0) is 52.1 Å². The summed E-state index contributed by atoms with van der Waals surface area (Å²) in [5.41, 5.74) is 0.526. The molecule has 2 aliphatic rings. The summed E-state index contributed by atoms with van der Waals surface area (Å²) in [6.45, 7) is 5.16. The third-order valence-electron chi connectivity index (χ3n) is 4.65. The van der Waals surface area contributed by atoms with Crippen molar-refractivity contribution in [3.63, 3.8) is 0 Å². The van der Waals surface area contributed by atoms with E-state index in [4.69, 9.17) is 0 Å². The molecule has 1 aliphatic heterocycles. The fourth-order valence-corrected chi connectivity index (χ4v) is 3.45. The Morgan fingerprint density at radius 2 is 1.31 bits per heavy atom. The molecule has 2 fully saturated rings. The molecule has 1 radical (unpaired) electrons. The van der Waals surface area contributed by atoms with Gasteiger partial charge in [-0.1, -0.05) is 38.5 Å². The molecule has 0 aromatic heterocycles. The van der Waals surface area contributed by atoms with E-state index in [0.29, 0.717) is 5.54 Å². The molecule has 1 heteroatoms. The Morgan fingerprint density at radius 3 is 1.88 bits per heavy atom. The SMILES string of the molecule is CC1(N2CC[CH]CC2)CCCCCCCC1. The smallest absolute Gasteiger partial charge is 0.0181 e. The molecular formula is C15H28N. The Bertz CT molecular complexity index is 184. The molecule has 1 aliphatic carbocycles. The number of likely N-dealkylation sites (tertiary alicyclic amines) is 1. The van der Waals surface area contributed by atoms with E-state index in [9.17, 15) is 0 Å². The van der Waals surface area contributed by atoms with E-state index in [1.807, 2.05) is 0 Å². The molecule has 1 heterocycles. The van der Waals surface area contributed by atoms with Crippen molar-refractivity contribution in [2.75, 3.05) is 13.1 Å². The highest BCUT2D eigenvalue weighted by Crippen LogP contribution is 2.32. The molecule has 0 amide bonds. The molecule has 1 saturated heterocycles. The van der Waals surface area contributed by atoms with Crippen molar-refractivity contribution in [2.45, 2.75) is 76.7 Å². The monoisotopic (exact) mass is 222 g/mol. The zero-order valence-electron chi connectivity index (χ0n) is 11.0. The maximum Gasteiger partial charge on any atom is 0.0181 e. The largest absolute Gasteiger partial charge is 0.298 e. The van der Waals surface area contributed by atoms with Gasteiger partial charge in [0.2, 0.25) is 0 Å². The van der Waals surface area contributed by atoms with Crippen LogP contribution in [0.3, 0.4) is 0 Å². The number of rotatable bonds is 1. The highest BCUT2D eigenvalue weighted by atomic mass is 15.2. The molecule has 0 bridgehead atoms. The van der Waals surface area contributed by atoms with Gasteiger partial charge in [0.1, 0.15) is 0 Å². The van der Waals surface area contributed by atoms with Crippen molar-refractivity contribution >= 4 is 0 Å². The lowest BCUT2D eigenvalue weighted by atomic mass is 9.86. The third-order valence-corrected chi connectivity index (χ3v) is 4.65. The predicted octanol–water partition coefficient (Wildman–Crippen LogP) is 4.18. The van der Waals surface area contributed by atoms with E-state index in [2.05, 4.69) is 18.2 Å². The van der Waals surface area contributed by atoms with Gasteiger partial charge in [-0.15, -0.1) is 0 Å². The fourth-order valence-electron chi connectivity index (χ4n) is 3.45. The van der Waals surface area contributed by atoms with Crippen LogP contribution in [0.4, 0.5) is 0 Å². The molecule has 0 aromatic carbocycles. The minimum atomic E-state index is 0.526. The van der Waals surface area contributed by atoms with E-state index in [1.54, 1.807) is 0 Å². The van der Waals surface area contributed by atoms with Crippen LogP contribution in [0.15, 0.2) is 0 Å². The lowest BCUT2D eigenvalue weighted by Gasteiger charge is -2.44. The predicted molar refractivity (Wildman–Crippen MR) is 70.4 cm³/mol. The van der Waals surface area contributed by atoms with E-state index < -0.39 is 0 Å². The van der Waals surface area contributed by atoms with Crippen LogP contribution in [-0.4, -0.2) is 23.5 Å². The summed E-state index contributed by atoms with van der Waals surface area (Å²) in [5.74, 6) is 0. The molecular weight excluding hydrogens is 194 g/mol. The molecule has 0 atom stereocenters. The summed E-state index contributed by atoms with van der Waals surface area (Å²) in [5, 5.41) is 0. The van der Waals surface area contributed by atoms with E-state index in [1.165, 1.54) is 77.3 Å². The molecule has 1 nitrogen and oxygen atoms in total. The molecule has 0 N–H and O–H groups in total. The summed E-state index contributed by atoms with van der Waals surface area (Å²) in [6.07, 6.45) is 16.8. The van der Waals surface area contributed by atoms with E-state index in [0.717, 1.165) is 0 Å². The summed E-state index contributed by atoms with van der Waals surface area (Å²) < 4.78 is 0. The Labute approximate surface area is 102 Å². The first-order chi connectivity index (χ1) is 7.81. The quantitative estimate of drug-likeness (QED) is 0.643. The second-order valence-corrected chi connectivity index (χ2v) is 5.97. The highest BCUT2D eigenvalue weighted by molar-refractivity contribution is 4.91. The summed E-state index contributed by atoms with van der Waals surface area (Å²) >= 11 is 0. The first-order valence-electron chi connectivity index (χ1n) is 7.38. The highest BCUT2D eigenvalue weighted by Gasteiger charge is 2.31. The van der Waals surface area contributed by atoms with Crippen LogP contribution < -0.4 is 0 Å². The van der Waals surface area contributed by atoms with Crippen molar-refractivity contribution in [1.82, 2.24) is 4.90 Å². The number of hydrogen-bond donors (Lipinski definition) is 0. The van der Waals surface area contributed by atoms with Gasteiger partial charge in [-0.2, -0.15) is 0 Å². The van der Waals surface area contributed by atoms with Crippen LogP contribution >= 0.6 is 0 Å². The average molecular weight is 222 g/mol. The van der Waals surface area contributed by atoms with Gasteiger partial charge in [-0.25, -0.2) is 0 Å². The Balaban J connectivity index is 1.94. The maximum atomic E-state index is 2.79. The Hall–Kier alpha value is -0.0400. The molecule has 1 saturated carbocycles. The molecule has 0 spiro atoms. The molecule has 0 unspecified atom stereocenters. The zero-order chi connectivity index (χ0) is 11.3. The lowest BCUT2D eigenvalue weighted by molar-refractivity contribution is 0.0725. The van der Waals surface area contributed by atoms with Gasteiger partial charge in [0.25, 0.3) is 0 Å². The van der Waals surface area contributed by atoms with Crippen molar-refractivity contribution in [1.29, 1.82) is 0 Å². The van der Waals surface area contributed by atoms with Gasteiger partial charge >= 0.3 is 0 Å². The van der Waals surface area contributed by atoms with E-state index in [-0.39, 0.29) is 0 Å². The van der Waals surface area contributed by atoms with Crippen LogP contribution in [0, 0.1) is 6.42 Å². The van der Waals surface area contributed by atoms with Crippen LogP contribution in [0.25, 0.3) is 0 Å². The maximum absolute atomic E-state index is 2.79. The summed E-state index contributed by atoms with van der Waals surface area (Å²) in [4.78, 5) is 2.79. The summed E-state index contributed by atoms with van der Waals surface area (Å²) in [6, 6.07) is 0. The second kappa shape index (κ2) is 6.05. The Kier molecular flexibility index (Phi) is 4.69. The minimum absolute atomic E-state index is 0.526. The first-order valence-corrected chi connectivity index (χ1v) is 7.38. The molecule has 2 rings (SSSR count). The van der Waals surface area contributed by atoms with Gasteiger partial charge in [0.15, 0.2) is 0 Å². The minimum Gasteiger partial charge on any atom is -0.298 e. The first kappa shape index (κ1) is 12.4. The van der Waals surface area contributed by atoms with Crippen LogP contribution in [-0.2, 0) is 0 Å². The van der Waals surface area contributed by atoms with Crippen LogP contribution in [0.2, 0.25) is 0 Å². The van der Waals surface area contributed by atoms with Gasteiger partial charge in [0.05, 0.1) is 0 Å². The van der Waals surface area contributed by atoms with Gasteiger partial charge in [-0.3, -0.25) is 4.90 Å².